The Bertz CT molecular complexity index is 1060. The lowest BCUT2D eigenvalue weighted by molar-refractivity contribution is -0.383. The summed E-state index contributed by atoms with van der Waals surface area (Å²) in [5, 5.41) is 25.2. The molecule has 0 radical (unpaired) electrons. The Morgan fingerprint density at radius 2 is 2.04 bits per heavy atom. The lowest BCUT2D eigenvalue weighted by Crippen LogP contribution is -2.08. The first-order valence-corrected chi connectivity index (χ1v) is 8.97. The Labute approximate surface area is 160 Å². The number of hydrogen-bond donors (Lipinski definition) is 3. The fraction of sp³-hybridized carbons (Fsp3) is 0.250. The van der Waals surface area contributed by atoms with Crippen molar-refractivity contribution in [1.82, 2.24) is 4.98 Å². The second kappa shape index (κ2) is 8.53. The number of H-pyrrole nitrogens is 1. The molecule has 0 bridgehead atoms. The Morgan fingerprint density at radius 3 is 2.79 bits per heavy atom. The summed E-state index contributed by atoms with van der Waals surface area (Å²) >= 11 is 0. The number of nitro benzene ring substituents is 1. The number of hydrogen-bond acceptors (Lipinski definition) is 6. The van der Waals surface area contributed by atoms with E-state index in [1.165, 1.54) is 6.07 Å². The number of ether oxygens (including phenoxy) is 1. The van der Waals surface area contributed by atoms with Gasteiger partial charge in [0.25, 0.3) is 5.69 Å². The van der Waals surface area contributed by atoms with Gasteiger partial charge in [-0.2, -0.15) is 0 Å². The summed E-state index contributed by atoms with van der Waals surface area (Å²) in [6.07, 6.45) is 0.714. The van der Waals surface area contributed by atoms with E-state index < -0.39 is 16.1 Å². The van der Waals surface area contributed by atoms with Crippen LogP contribution in [0.2, 0.25) is 0 Å². The fourth-order valence-electron chi connectivity index (χ4n) is 2.96. The quantitative estimate of drug-likeness (QED) is 0.310. The molecule has 146 valence electrons. The lowest BCUT2D eigenvalue weighted by atomic mass is 10.1. The van der Waals surface area contributed by atoms with Crippen LogP contribution < -0.4 is 10.7 Å². The number of benzene rings is 2. The second-order valence-electron chi connectivity index (χ2n) is 6.19. The topological polar surface area (TPSA) is 117 Å². The number of para-hydroxylation sites is 1. The van der Waals surface area contributed by atoms with Crippen LogP contribution in [0.3, 0.4) is 0 Å². The maximum Gasteiger partial charge on any atom is 0.292 e. The van der Waals surface area contributed by atoms with Gasteiger partial charge in [0.1, 0.15) is 5.69 Å². The maximum absolute atomic E-state index is 12.4. The van der Waals surface area contributed by atoms with Gasteiger partial charge >= 0.3 is 0 Å². The van der Waals surface area contributed by atoms with Crippen LogP contribution in [0.15, 0.2) is 47.3 Å². The van der Waals surface area contributed by atoms with Crippen molar-refractivity contribution in [1.29, 1.82) is 0 Å². The molecule has 3 rings (SSSR count). The normalized spacial score (nSPS) is 10.9. The molecular weight excluding hydrogens is 362 g/mol. The van der Waals surface area contributed by atoms with E-state index >= 15 is 0 Å². The van der Waals surface area contributed by atoms with Crippen LogP contribution in [0.5, 0.6) is 5.75 Å². The molecule has 1 aromatic heterocycles. The van der Waals surface area contributed by atoms with E-state index in [0.29, 0.717) is 48.3 Å². The molecular formula is C20H21N3O5. The highest BCUT2D eigenvalue weighted by Crippen LogP contribution is 2.33. The highest BCUT2D eigenvalue weighted by molar-refractivity contribution is 5.85. The van der Waals surface area contributed by atoms with Crippen LogP contribution >= 0.6 is 0 Å². The SMILES string of the molecule is CCOCCCNc1ccc(-c2[nH]c3ccccc3c(=O)c2O)cc1[N+](=O)[O-]. The minimum Gasteiger partial charge on any atom is -0.503 e. The highest BCUT2D eigenvalue weighted by Gasteiger charge is 2.18. The largest absolute Gasteiger partial charge is 0.503 e. The van der Waals surface area contributed by atoms with Crippen molar-refractivity contribution in [2.24, 2.45) is 0 Å². The maximum atomic E-state index is 12.4. The van der Waals surface area contributed by atoms with Gasteiger partial charge in [0.2, 0.25) is 5.43 Å². The van der Waals surface area contributed by atoms with Crippen LogP contribution in [-0.2, 0) is 4.74 Å². The van der Waals surface area contributed by atoms with E-state index in [9.17, 15) is 20.0 Å². The number of aromatic hydroxyl groups is 1. The predicted octanol–water partition coefficient (Wildman–Crippen LogP) is 3.65. The van der Waals surface area contributed by atoms with Gasteiger partial charge < -0.3 is 20.1 Å². The third kappa shape index (κ3) is 3.96. The average molecular weight is 383 g/mol. The van der Waals surface area contributed by atoms with Gasteiger partial charge in [-0.3, -0.25) is 14.9 Å². The van der Waals surface area contributed by atoms with Crippen molar-refractivity contribution >= 4 is 22.3 Å². The standard InChI is InChI=1S/C20H21N3O5/c1-2-28-11-5-10-21-16-9-8-13(12-17(16)23(26)27)18-20(25)19(24)14-6-3-4-7-15(14)22-18/h3-4,6-9,12,21,25H,2,5,10-11H2,1H3,(H,22,24). The highest BCUT2D eigenvalue weighted by atomic mass is 16.6. The van der Waals surface area contributed by atoms with Crippen LogP contribution in [0.1, 0.15) is 13.3 Å². The molecule has 0 spiro atoms. The first-order valence-electron chi connectivity index (χ1n) is 8.97. The molecule has 0 saturated carbocycles. The zero-order valence-corrected chi connectivity index (χ0v) is 15.4. The monoisotopic (exact) mass is 383 g/mol. The number of rotatable bonds is 8. The summed E-state index contributed by atoms with van der Waals surface area (Å²) in [5.41, 5.74) is 0.753. The molecule has 0 aliphatic rings. The van der Waals surface area contributed by atoms with Crippen molar-refractivity contribution in [2.45, 2.75) is 13.3 Å². The third-order valence-corrected chi connectivity index (χ3v) is 4.35. The van der Waals surface area contributed by atoms with E-state index in [-0.39, 0.29) is 11.4 Å². The zero-order chi connectivity index (χ0) is 20.1. The molecule has 3 aromatic rings. The van der Waals surface area contributed by atoms with E-state index in [2.05, 4.69) is 10.3 Å². The molecule has 3 N–H and O–H groups in total. The number of anilines is 1. The molecule has 0 amide bonds. The van der Waals surface area contributed by atoms with E-state index in [1.807, 2.05) is 6.92 Å². The Kier molecular flexibility index (Phi) is 5.90. The summed E-state index contributed by atoms with van der Waals surface area (Å²) in [6, 6.07) is 11.3. The number of nitro groups is 1. The van der Waals surface area contributed by atoms with E-state index in [1.54, 1.807) is 36.4 Å². The summed E-state index contributed by atoms with van der Waals surface area (Å²) in [6.45, 7) is 3.63. The van der Waals surface area contributed by atoms with Gasteiger partial charge in [0.15, 0.2) is 5.75 Å². The fourth-order valence-corrected chi connectivity index (χ4v) is 2.96. The van der Waals surface area contributed by atoms with Crippen LogP contribution in [0.25, 0.3) is 22.2 Å². The number of nitrogens with one attached hydrogen (secondary N) is 2. The molecule has 0 aliphatic heterocycles. The Balaban J connectivity index is 1.96. The smallest absolute Gasteiger partial charge is 0.292 e. The molecule has 0 unspecified atom stereocenters. The van der Waals surface area contributed by atoms with Gasteiger partial charge in [-0.05, 0) is 31.5 Å². The second-order valence-corrected chi connectivity index (χ2v) is 6.19. The van der Waals surface area contributed by atoms with Crippen molar-refractivity contribution in [3.63, 3.8) is 0 Å². The summed E-state index contributed by atoms with van der Waals surface area (Å²) in [4.78, 5) is 26.4. The molecule has 0 atom stereocenters. The van der Waals surface area contributed by atoms with Crippen molar-refractivity contribution in [2.75, 3.05) is 25.1 Å². The first-order chi connectivity index (χ1) is 13.5. The van der Waals surface area contributed by atoms with Gasteiger partial charge in [-0.1, -0.05) is 18.2 Å². The van der Waals surface area contributed by atoms with E-state index in [4.69, 9.17) is 4.74 Å². The summed E-state index contributed by atoms with van der Waals surface area (Å²) in [7, 11) is 0. The van der Waals surface area contributed by atoms with Crippen LogP contribution in [0.4, 0.5) is 11.4 Å². The molecule has 8 nitrogen and oxygen atoms in total. The minimum absolute atomic E-state index is 0.137. The number of aromatic amines is 1. The number of aromatic nitrogens is 1. The van der Waals surface area contributed by atoms with Crippen molar-refractivity contribution in [3.05, 3.63) is 62.8 Å². The lowest BCUT2D eigenvalue weighted by Gasteiger charge is -2.11. The summed E-state index contributed by atoms with van der Waals surface area (Å²) in [5.74, 6) is -0.467. The number of nitrogens with zero attached hydrogens (tertiary/aromatic N) is 1. The van der Waals surface area contributed by atoms with Crippen molar-refractivity contribution < 1.29 is 14.8 Å². The molecule has 28 heavy (non-hydrogen) atoms. The molecule has 0 saturated heterocycles. The van der Waals surface area contributed by atoms with Gasteiger partial charge in [0, 0.05) is 42.3 Å². The number of fused-ring (bicyclic) bond motifs is 1. The first kappa shape index (κ1) is 19.4. The van der Waals surface area contributed by atoms with Gasteiger partial charge in [-0.15, -0.1) is 0 Å². The van der Waals surface area contributed by atoms with Crippen LogP contribution in [0, 0.1) is 10.1 Å². The van der Waals surface area contributed by atoms with Crippen molar-refractivity contribution in [3.8, 4) is 17.0 Å². The molecule has 1 heterocycles. The Hall–Kier alpha value is -3.39. The zero-order valence-electron chi connectivity index (χ0n) is 15.4. The van der Waals surface area contributed by atoms with Gasteiger partial charge in [-0.25, -0.2) is 0 Å². The average Bonchev–Trinajstić information content (AvgIpc) is 2.70. The molecule has 2 aromatic carbocycles. The molecule has 0 aliphatic carbocycles. The van der Waals surface area contributed by atoms with Gasteiger partial charge in [0.05, 0.1) is 10.6 Å². The predicted molar refractivity (Wildman–Crippen MR) is 108 cm³/mol. The van der Waals surface area contributed by atoms with Crippen LogP contribution in [-0.4, -0.2) is 34.8 Å². The minimum atomic E-state index is -0.523. The summed E-state index contributed by atoms with van der Waals surface area (Å²) < 4.78 is 5.25. The third-order valence-electron chi connectivity index (χ3n) is 4.35. The molecule has 0 fully saturated rings. The number of pyridine rings is 1. The molecule has 8 heteroatoms. The van der Waals surface area contributed by atoms with E-state index in [0.717, 1.165) is 0 Å². The Morgan fingerprint density at radius 1 is 1.25 bits per heavy atom.